The molecule has 0 unspecified atom stereocenters. The van der Waals surface area contributed by atoms with E-state index in [0.29, 0.717) is 0 Å². The smallest absolute Gasteiger partial charge is 0.0459 e. The third-order valence-electron chi connectivity index (χ3n) is 3.58. The van der Waals surface area contributed by atoms with Crippen LogP contribution < -0.4 is 22.1 Å². The molecule has 6 N–H and O–H groups in total. The zero-order valence-corrected chi connectivity index (χ0v) is 13.5. The van der Waals surface area contributed by atoms with Gasteiger partial charge in [-0.3, -0.25) is 0 Å². The minimum atomic E-state index is 0.734. The minimum Gasteiger partial charge on any atom is -0.402 e. The predicted molar refractivity (Wildman–Crippen MR) is 99.1 cm³/mol. The zero-order valence-electron chi connectivity index (χ0n) is 13.5. The standard InChI is InChI=1S/C19H24N4/c1-3-17(9-4-14(2)20)23(18-10-5-15(21)6-11-18)19-12-7-16(22)8-13-19/h3-7,9-12H,1,8,13,20-22H2,2H3/b14-4+,17-9+. The third-order valence-corrected chi connectivity index (χ3v) is 3.58. The Balaban J connectivity index is 2.50. The summed E-state index contributed by atoms with van der Waals surface area (Å²) in [6.07, 6.45) is 11.4. The first-order valence-electron chi connectivity index (χ1n) is 7.58. The number of benzene rings is 1. The molecule has 1 aromatic carbocycles. The summed E-state index contributed by atoms with van der Waals surface area (Å²) in [5, 5.41) is 0. The van der Waals surface area contributed by atoms with Crippen LogP contribution in [0.1, 0.15) is 19.8 Å². The highest BCUT2D eigenvalue weighted by molar-refractivity contribution is 5.64. The lowest BCUT2D eigenvalue weighted by molar-refractivity contribution is 0.854. The molecule has 23 heavy (non-hydrogen) atoms. The molecule has 0 bridgehead atoms. The quantitative estimate of drug-likeness (QED) is 0.574. The van der Waals surface area contributed by atoms with Gasteiger partial charge in [-0.05, 0) is 74.4 Å². The highest BCUT2D eigenvalue weighted by atomic mass is 15.2. The summed E-state index contributed by atoms with van der Waals surface area (Å²) >= 11 is 0. The number of nitrogens with zero attached hydrogens (tertiary/aromatic N) is 1. The summed E-state index contributed by atoms with van der Waals surface area (Å²) in [5.74, 6) is 0. The second-order valence-corrected chi connectivity index (χ2v) is 5.53. The molecular formula is C19H24N4. The van der Waals surface area contributed by atoms with Crippen molar-refractivity contribution in [2.24, 2.45) is 11.5 Å². The summed E-state index contributed by atoms with van der Waals surface area (Å²) in [6, 6.07) is 7.77. The normalized spacial score (nSPS) is 15.7. The van der Waals surface area contributed by atoms with E-state index in [2.05, 4.69) is 11.5 Å². The van der Waals surface area contributed by atoms with Crippen LogP contribution in [0.15, 0.2) is 84.0 Å². The van der Waals surface area contributed by atoms with Gasteiger partial charge in [0, 0.05) is 34.2 Å². The Hall–Kier alpha value is -2.88. The lowest BCUT2D eigenvalue weighted by Crippen LogP contribution is -2.22. The molecule has 0 atom stereocenters. The molecule has 0 fully saturated rings. The van der Waals surface area contributed by atoms with Crippen LogP contribution in [0.25, 0.3) is 0 Å². The van der Waals surface area contributed by atoms with Crippen LogP contribution in [-0.2, 0) is 0 Å². The average molecular weight is 308 g/mol. The van der Waals surface area contributed by atoms with Crippen molar-refractivity contribution in [1.29, 1.82) is 0 Å². The molecule has 0 amide bonds. The van der Waals surface area contributed by atoms with E-state index in [1.165, 1.54) is 0 Å². The van der Waals surface area contributed by atoms with Crippen molar-refractivity contribution < 1.29 is 0 Å². The Morgan fingerprint density at radius 3 is 2.30 bits per heavy atom. The van der Waals surface area contributed by atoms with Crippen LogP contribution in [0.5, 0.6) is 0 Å². The van der Waals surface area contributed by atoms with Crippen LogP contribution >= 0.6 is 0 Å². The van der Waals surface area contributed by atoms with Gasteiger partial charge in [0.2, 0.25) is 0 Å². The lowest BCUT2D eigenvalue weighted by Gasteiger charge is -2.30. The first-order valence-corrected chi connectivity index (χ1v) is 7.58. The van der Waals surface area contributed by atoms with E-state index in [-0.39, 0.29) is 0 Å². The van der Waals surface area contributed by atoms with Crippen molar-refractivity contribution in [2.75, 3.05) is 10.6 Å². The number of hydrogen-bond acceptors (Lipinski definition) is 4. The van der Waals surface area contributed by atoms with E-state index in [4.69, 9.17) is 17.2 Å². The molecule has 0 radical (unpaired) electrons. The topological polar surface area (TPSA) is 81.3 Å². The molecule has 1 aliphatic carbocycles. The maximum absolute atomic E-state index is 5.88. The fourth-order valence-electron chi connectivity index (χ4n) is 2.38. The van der Waals surface area contributed by atoms with Gasteiger partial charge >= 0.3 is 0 Å². The molecule has 120 valence electrons. The van der Waals surface area contributed by atoms with Gasteiger partial charge in [0.1, 0.15) is 0 Å². The summed E-state index contributed by atoms with van der Waals surface area (Å²) in [7, 11) is 0. The molecular weight excluding hydrogens is 284 g/mol. The van der Waals surface area contributed by atoms with E-state index in [0.717, 1.165) is 47.0 Å². The number of nitrogens with two attached hydrogens (primary N) is 3. The Morgan fingerprint density at radius 1 is 1.09 bits per heavy atom. The number of hydrogen-bond donors (Lipinski definition) is 3. The van der Waals surface area contributed by atoms with Crippen molar-refractivity contribution in [1.82, 2.24) is 0 Å². The Labute approximate surface area is 138 Å². The monoisotopic (exact) mass is 308 g/mol. The predicted octanol–water partition coefficient (Wildman–Crippen LogP) is 3.53. The summed E-state index contributed by atoms with van der Waals surface area (Å²) < 4.78 is 0. The number of allylic oxidation sites excluding steroid dienone is 8. The second kappa shape index (κ2) is 7.40. The van der Waals surface area contributed by atoms with Crippen LogP contribution in [0.4, 0.5) is 11.4 Å². The maximum atomic E-state index is 5.88. The maximum Gasteiger partial charge on any atom is 0.0459 e. The lowest BCUT2D eigenvalue weighted by atomic mass is 10.1. The van der Waals surface area contributed by atoms with Gasteiger partial charge in [-0.2, -0.15) is 0 Å². The molecule has 2 rings (SSSR count). The van der Waals surface area contributed by atoms with Crippen LogP contribution in [0.2, 0.25) is 0 Å². The summed E-state index contributed by atoms with van der Waals surface area (Å²) in [4.78, 5) is 2.15. The molecule has 4 nitrogen and oxygen atoms in total. The van der Waals surface area contributed by atoms with Gasteiger partial charge in [0.25, 0.3) is 0 Å². The molecule has 0 heterocycles. The van der Waals surface area contributed by atoms with Crippen molar-refractivity contribution in [3.05, 3.63) is 84.0 Å². The largest absolute Gasteiger partial charge is 0.402 e. The van der Waals surface area contributed by atoms with E-state index < -0.39 is 0 Å². The zero-order chi connectivity index (χ0) is 16.8. The molecule has 0 aromatic heterocycles. The molecule has 0 spiro atoms. The molecule has 4 heteroatoms. The summed E-state index contributed by atoms with van der Waals surface area (Å²) in [5.41, 5.74) is 22.9. The van der Waals surface area contributed by atoms with Gasteiger partial charge in [0.15, 0.2) is 0 Å². The van der Waals surface area contributed by atoms with E-state index in [1.54, 1.807) is 0 Å². The molecule has 0 aliphatic heterocycles. The van der Waals surface area contributed by atoms with Crippen molar-refractivity contribution >= 4 is 11.4 Å². The number of nitrogen functional groups attached to an aromatic ring is 1. The second-order valence-electron chi connectivity index (χ2n) is 5.53. The minimum absolute atomic E-state index is 0.734. The number of rotatable bonds is 5. The van der Waals surface area contributed by atoms with E-state index in [9.17, 15) is 0 Å². The molecule has 0 saturated carbocycles. The Bertz CT molecular complexity index is 687. The Morgan fingerprint density at radius 2 is 1.78 bits per heavy atom. The first kappa shape index (κ1) is 16.5. The van der Waals surface area contributed by atoms with Crippen LogP contribution in [-0.4, -0.2) is 0 Å². The first-order chi connectivity index (χ1) is 11.0. The number of anilines is 2. The molecule has 1 aliphatic rings. The van der Waals surface area contributed by atoms with Crippen molar-refractivity contribution in [2.45, 2.75) is 19.8 Å². The van der Waals surface area contributed by atoms with Gasteiger partial charge in [-0.25, -0.2) is 0 Å². The van der Waals surface area contributed by atoms with Gasteiger partial charge in [0.05, 0.1) is 0 Å². The van der Waals surface area contributed by atoms with Crippen molar-refractivity contribution in [3.63, 3.8) is 0 Å². The fraction of sp³-hybridized carbons (Fsp3) is 0.158. The van der Waals surface area contributed by atoms with E-state index >= 15 is 0 Å². The van der Waals surface area contributed by atoms with Gasteiger partial charge in [-0.1, -0.05) is 6.58 Å². The fourth-order valence-corrected chi connectivity index (χ4v) is 2.38. The van der Waals surface area contributed by atoms with Gasteiger partial charge in [-0.15, -0.1) is 0 Å². The van der Waals surface area contributed by atoms with Gasteiger partial charge < -0.3 is 22.1 Å². The highest BCUT2D eigenvalue weighted by Crippen LogP contribution is 2.30. The third kappa shape index (κ3) is 4.30. The molecule has 1 aromatic rings. The van der Waals surface area contributed by atoms with Crippen LogP contribution in [0, 0.1) is 0 Å². The SMILES string of the molecule is C=C/C(=C\C=C(/C)N)N(C1=CC=C(N)CC1)c1ccc(N)cc1. The average Bonchev–Trinajstić information content (AvgIpc) is 2.54. The van der Waals surface area contributed by atoms with Crippen LogP contribution in [0.3, 0.4) is 0 Å². The Kier molecular flexibility index (Phi) is 5.31. The summed E-state index contributed by atoms with van der Waals surface area (Å²) in [6.45, 7) is 5.80. The van der Waals surface area contributed by atoms with E-state index in [1.807, 2.05) is 61.6 Å². The van der Waals surface area contributed by atoms with Crippen molar-refractivity contribution in [3.8, 4) is 0 Å². The highest BCUT2D eigenvalue weighted by Gasteiger charge is 2.16. The molecule has 0 saturated heterocycles.